The Kier molecular flexibility index (Phi) is 7.95. The third-order valence-corrected chi connectivity index (χ3v) is 3.12. The van der Waals surface area contributed by atoms with Crippen molar-refractivity contribution in [1.82, 2.24) is 9.97 Å². The maximum absolute atomic E-state index is 5.05. The fourth-order valence-electron chi connectivity index (χ4n) is 1.97. The van der Waals surface area contributed by atoms with Gasteiger partial charge in [-0.05, 0) is 39.5 Å². The van der Waals surface area contributed by atoms with E-state index in [1.807, 2.05) is 6.92 Å². The zero-order valence-corrected chi connectivity index (χ0v) is 13.3. The monoisotopic (exact) mass is 280 g/mol. The molecular formula is C15H28N4O. The zero-order valence-electron chi connectivity index (χ0n) is 13.3. The zero-order chi connectivity index (χ0) is 14.8. The molecule has 0 unspecified atom stereocenters. The molecule has 0 fully saturated rings. The molecule has 0 radical (unpaired) electrons. The molecule has 0 bridgehead atoms. The molecule has 0 atom stereocenters. The lowest BCUT2D eigenvalue weighted by molar-refractivity contribution is 0.192. The number of methoxy groups -OCH3 is 1. The van der Waals surface area contributed by atoms with Crippen molar-refractivity contribution in [3.05, 3.63) is 11.4 Å². The van der Waals surface area contributed by atoms with E-state index in [1.165, 1.54) is 6.42 Å². The molecule has 1 rings (SSSR count). The molecule has 0 saturated heterocycles. The first-order valence-electron chi connectivity index (χ1n) is 7.51. The van der Waals surface area contributed by atoms with Crippen LogP contribution < -0.4 is 10.6 Å². The molecule has 0 saturated carbocycles. The van der Waals surface area contributed by atoms with Crippen molar-refractivity contribution in [2.75, 3.05) is 37.4 Å². The molecule has 5 nitrogen and oxygen atoms in total. The van der Waals surface area contributed by atoms with E-state index in [9.17, 15) is 0 Å². The van der Waals surface area contributed by atoms with Gasteiger partial charge >= 0.3 is 0 Å². The highest BCUT2D eigenvalue weighted by atomic mass is 16.5. The predicted octanol–water partition coefficient (Wildman–Crippen LogP) is 3.14. The minimum atomic E-state index is 0.802. The molecule has 5 heteroatoms. The van der Waals surface area contributed by atoms with Gasteiger partial charge in [-0.3, -0.25) is 0 Å². The Hall–Kier alpha value is -1.36. The summed E-state index contributed by atoms with van der Waals surface area (Å²) in [6.45, 7) is 8.86. The van der Waals surface area contributed by atoms with Crippen molar-refractivity contribution in [3.8, 4) is 0 Å². The normalized spacial score (nSPS) is 10.6. The number of hydrogen-bond acceptors (Lipinski definition) is 5. The summed E-state index contributed by atoms with van der Waals surface area (Å²) in [4.78, 5) is 8.95. The summed E-state index contributed by atoms with van der Waals surface area (Å²) in [6.07, 6.45) is 4.50. The lowest BCUT2D eigenvalue weighted by atomic mass is 10.2. The number of anilines is 2. The van der Waals surface area contributed by atoms with E-state index >= 15 is 0 Å². The van der Waals surface area contributed by atoms with Gasteiger partial charge in [0.15, 0.2) is 0 Å². The van der Waals surface area contributed by atoms with Crippen LogP contribution in [0.3, 0.4) is 0 Å². The van der Waals surface area contributed by atoms with Gasteiger partial charge in [0, 0.05) is 32.4 Å². The van der Waals surface area contributed by atoms with E-state index in [0.29, 0.717) is 0 Å². The van der Waals surface area contributed by atoms with Crippen molar-refractivity contribution >= 4 is 11.6 Å². The number of aromatic nitrogens is 2. The highest BCUT2D eigenvalue weighted by molar-refractivity contribution is 5.57. The average Bonchev–Trinajstić information content (AvgIpc) is 2.44. The van der Waals surface area contributed by atoms with E-state index in [-0.39, 0.29) is 0 Å². The SMILES string of the molecule is CCCNc1nc(C)nc(NCCCCCOC)c1C. The van der Waals surface area contributed by atoms with E-state index in [4.69, 9.17) is 4.74 Å². The van der Waals surface area contributed by atoms with Crippen molar-refractivity contribution in [1.29, 1.82) is 0 Å². The van der Waals surface area contributed by atoms with Gasteiger partial charge in [-0.1, -0.05) is 6.92 Å². The Bertz CT molecular complexity index is 396. The number of aryl methyl sites for hydroxylation is 1. The molecule has 1 aromatic heterocycles. The highest BCUT2D eigenvalue weighted by Crippen LogP contribution is 2.19. The lowest BCUT2D eigenvalue weighted by Crippen LogP contribution is -2.11. The minimum absolute atomic E-state index is 0.802. The largest absolute Gasteiger partial charge is 0.385 e. The van der Waals surface area contributed by atoms with E-state index in [2.05, 4.69) is 34.4 Å². The maximum Gasteiger partial charge on any atom is 0.134 e. The molecule has 2 N–H and O–H groups in total. The van der Waals surface area contributed by atoms with Gasteiger partial charge in [-0.15, -0.1) is 0 Å². The Morgan fingerprint density at radius 1 is 0.950 bits per heavy atom. The van der Waals surface area contributed by atoms with E-state index < -0.39 is 0 Å². The van der Waals surface area contributed by atoms with Crippen LogP contribution in [-0.4, -0.2) is 36.8 Å². The van der Waals surface area contributed by atoms with Gasteiger partial charge in [-0.25, -0.2) is 9.97 Å². The number of unbranched alkanes of at least 4 members (excludes halogenated alkanes) is 2. The maximum atomic E-state index is 5.05. The summed E-state index contributed by atoms with van der Waals surface area (Å²) >= 11 is 0. The highest BCUT2D eigenvalue weighted by Gasteiger charge is 2.08. The van der Waals surface area contributed by atoms with Crippen LogP contribution in [0.15, 0.2) is 0 Å². The van der Waals surface area contributed by atoms with Crippen molar-refractivity contribution in [2.45, 2.75) is 46.5 Å². The third kappa shape index (κ3) is 5.74. The van der Waals surface area contributed by atoms with Crippen LogP contribution in [0.25, 0.3) is 0 Å². The molecule has 20 heavy (non-hydrogen) atoms. The first kappa shape index (κ1) is 16.7. The summed E-state index contributed by atoms with van der Waals surface area (Å²) in [7, 11) is 1.75. The van der Waals surface area contributed by atoms with Crippen LogP contribution in [0, 0.1) is 13.8 Å². The Morgan fingerprint density at radius 3 is 2.20 bits per heavy atom. The molecule has 1 aromatic rings. The van der Waals surface area contributed by atoms with Gasteiger partial charge in [0.2, 0.25) is 0 Å². The minimum Gasteiger partial charge on any atom is -0.385 e. The summed E-state index contributed by atoms with van der Waals surface area (Å²) in [5, 5.41) is 6.77. The second kappa shape index (κ2) is 9.53. The molecule has 114 valence electrons. The number of hydrogen-bond donors (Lipinski definition) is 2. The Balaban J connectivity index is 2.49. The quantitative estimate of drug-likeness (QED) is 0.645. The van der Waals surface area contributed by atoms with Crippen LogP contribution in [0.2, 0.25) is 0 Å². The second-order valence-corrected chi connectivity index (χ2v) is 5.00. The summed E-state index contributed by atoms with van der Waals surface area (Å²) in [5.41, 5.74) is 1.10. The van der Waals surface area contributed by atoms with Crippen LogP contribution in [0.4, 0.5) is 11.6 Å². The molecule has 0 aliphatic rings. The Morgan fingerprint density at radius 2 is 1.60 bits per heavy atom. The summed E-state index contributed by atoms with van der Waals surface area (Å²) in [6, 6.07) is 0. The second-order valence-electron chi connectivity index (χ2n) is 5.00. The fourth-order valence-corrected chi connectivity index (χ4v) is 1.97. The smallest absolute Gasteiger partial charge is 0.134 e. The van der Waals surface area contributed by atoms with E-state index in [0.717, 1.165) is 62.0 Å². The first-order chi connectivity index (χ1) is 9.69. The van der Waals surface area contributed by atoms with Crippen LogP contribution >= 0.6 is 0 Å². The molecule has 0 aliphatic heterocycles. The van der Waals surface area contributed by atoms with Crippen LogP contribution in [0.5, 0.6) is 0 Å². The molecule has 1 heterocycles. The molecule has 0 aliphatic carbocycles. The van der Waals surface area contributed by atoms with Crippen LogP contribution in [-0.2, 0) is 4.74 Å². The third-order valence-electron chi connectivity index (χ3n) is 3.12. The van der Waals surface area contributed by atoms with Crippen molar-refractivity contribution in [2.24, 2.45) is 0 Å². The van der Waals surface area contributed by atoms with Gasteiger partial charge in [0.05, 0.1) is 0 Å². The van der Waals surface area contributed by atoms with Crippen molar-refractivity contribution < 1.29 is 4.74 Å². The first-order valence-corrected chi connectivity index (χ1v) is 7.51. The number of ether oxygens (including phenoxy) is 1. The molecular weight excluding hydrogens is 252 g/mol. The molecule has 0 aromatic carbocycles. The van der Waals surface area contributed by atoms with Gasteiger partial charge in [0.25, 0.3) is 0 Å². The van der Waals surface area contributed by atoms with Crippen LogP contribution in [0.1, 0.15) is 44.0 Å². The fraction of sp³-hybridized carbons (Fsp3) is 0.733. The summed E-state index contributed by atoms with van der Waals surface area (Å²) < 4.78 is 5.05. The summed E-state index contributed by atoms with van der Waals surface area (Å²) in [5.74, 6) is 2.69. The average molecular weight is 280 g/mol. The van der Waals surface area contributed by atoms with Crippen molar-refractivity contribution in [3.63, 3.8) is 0 Å². The standard InChI is InChI=1S/C15H28N4O/c1-5-9-16-14-12(2)15(19-13(3)18-14)17-10-7-6-8-11-20-4/h5-11H2,1-4H3,(H2,16,17,18,19). The molecule has 0 amide bonds. The number of nitrogens with zero attached hydrogens (tertiary/aromatic N) is 2. The van der Waals surface area contributed by atoms with Gasteiger partial charge < -0.3 is 15.4 Å². The van der Waals surface area contributed by atoms with Gasteiger partial charge in [0.1, 0.15) is 17.5 Å². The number of nitrogens with one attached hydrogen (secondary N) is 2. The predicted molar refractivity (Wildman–Crippen MR) is 84.5 cm³/mol. The Labute approximate surface area is 122 Å². The van der Waals surface area contributed by atoms with Gasteiger partial charge in [-0.2, -0.15) is 0 Å². The lowest BCUT2D eigenvalue weighted by Gasteiger charge is -2.14. The van der Waals surface area contributed by atoms with E-state index in [1.54, 1.807) is 7.11 Å². The molecule has 0 spiro atoms. The number of rotatable bonds is 10. The topological polar surface area (TPSA) is 59.1 Å².